The van der Waals surface area contributed by atoms with Crippen molar-refractivity contribution in [1.82, 2.24) is 19.9 Å². The van der Waals surface area contributed by atoms with Gasteiger partial charge in [-0.3, -0.25) is 19.6 Å². The Morgan fingerprint density at radius 2 is 1.74 bits per heavy atom. The molecular formula is C23H19N5O3. The number of aromatic nitrogens is 4. The molecule has 8 nitrogen and oxygen atoms in total. The van der Waals surface area contributed by atoms with Crippen LogP contribution in [-0.4, -0.2) is 25.8 Å². The van der Waals surface area contributed by atoms with Gasteiger partial charge in [0, 0.05) is 41.1 Å². The van der Waals surface area contributed by atoms with Gasteiger partial charge >= 0.3 is 0 Å². The molecule has 8 heteroatoms. The molecule has 1 amide bonds. The van der Waals surface area contributed by atoms with Crippen LogP contribution in [0, 0.1) is 6.92 Å². The number of amides is 1. The van der Waals surface area contributed by atoms with Crippen LogP contribution in [0.3, 0.4) is 0 Å². The number of ether oxygens (including phenoxy) is 1. The zero-order valence-electron chi connectivity index (χ0n) is 16.7. The van der Waals surface area contributed by atoms with E-state index in [2.05, 4.69) is 25.3 Å². The van der Waals surface area contributed by atoms with Gasteiger partial charge < -0.3 is 15.0 Å². The molecule has 0 aliphatic rings. The van der Waals surface area contributed by atoms with Crippen molar-refractivity contribution in [3.8, 4) is 22.9 Å². The molecule has 0 saturated carbocycles. The van der Waals surface area contributed by atoms with E-state index in [9.17, 15) is 9.59 Å². The lowest BCUT2D eigenvalue weighted by Gasteiger charge is -2.09. The van der Waals surface area contributed by atoms with Gasteiger partial charge in [0.2, 0.25) is 5.91 Å². The Hall–Kier alpha value is -4.33. The van der Waals surface area contributed by atoms with Crippen LogP contribution in [0.2, 0.25) is 0 Å². The first-order valence-electron chi connectivity index (χ1n) is 9.56. The van der Waals surface area contributed by atoms with Gasteiger partial charge in [-0.15, -0.1) is 0 Å². The molecule has 31 heavy (non-hydrogen) atoms. The van der Waals surface area contributed by atoms with E-state index in [1.54, 1.807) is 80.2 Å². The van der Waals surface area contributed by atoms with Gasteiger partial charge in [0.05, 0.1) is 12.6 Å². The second kappa shape index (κ2) is 9.00. The Kier molecular flexibility index (Phi) is 5.79. The number of nitrogens with zero attached hydrogens (tertiary/aromatic N) is 3. The fourth-order valence-corrected chi connectivity index (χ4v) is 2.97. The normalized spacial score (nSPS) is 10.5. The first kappa shape index (κ1) is 20.0. The summed E-state index contributed by atoms with van der Waals surface area (Å²) in [4.78, 5) is 40.2. The maximum absolute atomic E-state index is 12.5. The minimum absolute atomic E-state index is 0.0879. The molecule has 4 rings (SSSR count). The number of carbonyl (C=O) groups is 1. The van der Waals surface area contributed by atoms with Crippen molar-refractivity contribution < 1.29 is 9.53 Å². The van der Waals surface area contributed by atoms with Gasteiger partial charge in [-0.2, -0.15) is 0 Å². The van der Waals surface area contributed by atoms with E-state index in [0.29, 0.717) is 39.8 Å². The maximum atomic E-state index is 12.5. The third kappa shape index (κ3) is 4.99. The van der Waals surface area contributed by atoms with Crippen LogP contribution in [0.4, 0.5) is 5.69 Å². The summed E-state index contributed by atoms with van der Waals surface area (Å²) < 4.78 is 5.68. The predicted octanol–water partition coefficient (Wildman–Crippen LogP) is 3.51. The summed E-state index contributed by atoms with van der Waals surface area (Å²) in [6.45, 7) is 1.71. The molecule has 0 fully saturated rings. The summed E-state index contributed by atoms with van der Waals surface area (Å²) in [5, 5.41) is 2.78. The lowest BCUT2D eigenvalue weighted by atomic mass is 10.1. The van der Waals surface area contributed by atoms with Crippen LogP contribution in [0.25, 0.3) is 11.4 Å². The van der Waals surface area contributed by atoms with Crippen molar-refractivity contribution in [3.05, 3.63) is 94.9 Å². The van der Waals surface area contributed by atoms with Crippen molar-refractivity contribution >= 4 is 11.6 Å². The zero-order valence-corrected chi connectivity index (χ0v) is 16.7. The van der Waals surface area contributed by atoms with E-state index in [1.807, 2.05) is 0 Å². The molecule has 0 aliphatic heterocycles. The smallest absolute Gasteiger partial charge is 0.255 e. The fourth-order valence-electron chi connectivity index (χ4n) is 2.97. The van der Waals surface area contributed by atoms with Crippen molar-refractivity contribution in [2.45, 2.75) is 13.3 Å². The number of rotatable bonds is 6. The molecule has 3 heterocycles. The van der Waals surface area contributed by atoms with Gasteiger partial charge in [0.15, 0.2) is 0 Å². The van der Waals surface area contributed by atoms with Crippen molar-refractivity contribution in [3.63, 3.8) is 0 Å². The van der Waals surface area contributed by atoms with Crippen molar-refractivity contribution in [1.29, 1.82) is 0 Å². The highest BCUT2D eigenvalue weighted by Crippen LogP contribution is 2.22. The molecule has 4 aromatic rings. The van der Waals surface area contributed by atoms with Crippen molar-refractivity contribution in [2.24, 2.45) is 0 Å². The standard InChI is InChI=1S/C23H19N5O3/c1-15-20(23(30)28-22(26-15)16-4-2-10-24-13-16)12-21(29)27-17-6-8-18(9-7-17)31-19-5-3-11-25-14-19/h2-11,13-14H,12H2,1H3,(H,27,29)(H,26,28,30). The number of anilines is 1. The summed E-state index contributed by atoms with van der Waals surface area (Å²) in [7, 11) is 0. The lowest BCUT2D eigenvalue weighted by Crippen LogP contribution is -2.23. The quantitative estimate of drug-likeness (QED) is 0.501. The Morgan fingerprint density at radius 1 is 1.00 bits per heavy atom. The summed E-state index contributed by atoms with van der Waals surface area (Å²) in [5.74, 6) is 1.35. The molecule has 0 saturated heterocycles. The van der Waals surface area contributed by atoms with Crippen LogP contribution >= 0.6 is 0 Å². The molecule has 154 valence electrons. The van der Waals surface area contributed by atoms with Gasteiger partial charge in [-0.1, -0.05) is 0 Å². The number of aryl methyl sites for hydroxylation is 1. The summed E-state index contributed by atoms with van der Waals surface area (Å²) in [6, 6.07) is 14.1. The number of benzene rings is 1. The first-order chi connectivity index (χ1) is 15.1. The molecule has 0 bridgehead atoms. The molecule has 1 aromatic carbocycles. The van der Waals surface area contributed by atoms with Gasteiger partial charge in [0.1, 0.15) is 17.3 Å². The van der Waals surface area contributed by atoms with E-state index in [1.165, 1.54) is 0 Å². The maximum Gasteiger partial charge on any atom is 0.255 e. The summed E-state index contributed by atoms with van der Waals surface area (Å²) >= 11 is 0. The third-order valence-electron chi connectivity index (χ3n) is 4.50. The van der Waals surface area contributed by atoms with Gasteiger partial charge in [-0.05, 0) is 55.5 Å². The Labute approximate surface area is 178 Å². The summed E-state index contributed by atoms with van der Waals surface area (Å²) in [5.41, 5.74) is 1.77. The average molecular weight is 413 g/mol. The third-order valence-corrected chi connectivity index (χ3v) is 4.50. The van der Waals surface area contributed by atoms with Crippen LogP contribution in [-0.2, 0) is 11.2 Å². The minimum atomic E-state index is -0.346. The fraction of sp³-hybridized carbons (Fsp3) is 0.0870. The minimum Gasteiger partial charge on any atom is -0.456 e. The Bertz CT molecular complexity index is 1240. The monoisotopic (exact) mass is 413 g/mol. The largest absolute Gasteiger partial charge is 0.456 e. The van der Waals surface area contributed by atoms with Crippen LogP contribution < -0.4 is 15.6 Å². The number of carbonyl (C=O) groups excluding carboxylic acids is 1. The molecular weight excluding hydrogens is 394 g/mol. The first-order valence-corrected chi connectivity index (χ1v) is 9.56. The van der Waals surface area contributed by atoms with Gasteiger partial charge in [-0.25, -0.2) is 4.98 Å². The van der Waals surface area contributed by atoms with E-state index in [4.69, 9.17) is 4.74 Å². The highest BCUT2D eigenvalue weighted by atomic mass is 16.5. The second-order valence-corrected chi connectivity index (χ2v) is 6.76. The zero-order chi connectivity index (χ0) is 21.6. The molecule has 0 unspecified atom stereocenters. The molecule has 0 atom stereocenters. The topological polar surface area (TPSA) is 110 Å². The number of pyridine rings is 2. The van der Waals surface area contributed by atoms with Gasteiger partial charge in [0.25, 0.3) is 5.56 Å². The number of H-pyrrole nitrogens is 1. The molecule has 2 N–H and O–H groups in total. The lowest BCUT2D eigenvalue weighted by molar-refractivity contribution is -0.115. The highest BCUT2D eigenvalue weighted by Gasteiger charge is 2.14. The van der Waals surface area contributed by atoms with E-state index in [-0.39, 0.29) is 17.9 Å². The molecule has 0 radical (unpaired) electrons. The summed E-state index contributed by atoms with van der Waals surface area (Å²) in [6.07, 6.45) is 6.45. The van der Waals surface area contributed by atoms with Crippen LogP contribution in [0.1, 0.15) is 11.3 Å². The SMILES string of the molecule is Cc1nc(-c2cccnc2)[nH]c(=O)c1CC(=O)Nc1ccc(Oc2cccnc2)cc1. The van der Waals surface area contributed by atoms with Crippen molar-refractivity contribution in [2.75, 3.05) is 5.32 Å². The highest BCUT2D eigenvalue weighted by molar-refractivity contribution is 5.92. The number of nitrogens with one attached hydrogen (secondary N) is 2. The van der Waals surface area contributed by atoms with Crippen LogP contribution in [0.15, 0.2) is 78.1 Å². The van der Waals surface area contributed by atoms with Crippen LogP contribution in [0.5, 0.6) is 11.5 Å². The average Bonchev–Trinajstić information content (AvgIpc) is 2.79. The van der Waals surface area contributed by atoms with E-state index < -0.39 is 0 Å². The molecule has 3 aromatic heterocycles. The van der Waals surface area contributed by atoms with E-state index >= 15 is 0 Å². The molecule has 0 spiro atoms. The number of hydrogen-bond donors (Lipinski definition) is 2. The predicted molar refractivity (Wildman–Crippen MR) is 116 cm³/mol. The number of hydrogen-bond acceptors (Lipinski definition) is 6. The Morgan fingerprint density at radius 3 is 2.39 bits per heavy atom. The number of aromatic amines is 1. The second-order valence-electron chi connectivity index (χ2n) is 6.76. The molecule has 0 aliphatic carbocycles. The Balaban J connectivity index is 1.42. The van der Waals surface area contributed by atoms with E-state index in [0.717, 1.165) is 0 Å².